The Hall–Kier alpha value is -1.64. The first-order valence-corrected chi connectivity index (χ1v) is 12.8. The molecule has 1 amide bonds. The molecule has 2 fully saturated rings. The molecule has 28 heavy (non-hydrogen) atoms. The summed E-state index contributed by atoms with van der Waals surface area (Å²) < 4.78 is 24.3. The van der Waals surface area contributed by atoms with E-state index < -0.39 is 9.84 Å². The Morgan fingerprint density at radius 2 is 1.96 bits per heavy atom. The molecule has 0 bridgehead atoms. The second kappa shape index (κ2) is 7.65. The fourth-order valence-corrected chi connectivity index (χ4v) is 8.22. The van der Waals surface area contributed by atoms with Crippen molar-refractivity contribution in [1.82, 2.24) is 0 Å². The van der Waals surface area contributed by atoms with Crippen LogP contribution in [0.15, 0.2) is 46.8 Å². The summed E-state index contributed by atoms with van der Waals surface area (Å²) in [5, 5.41) is 2.48. The number of thiophene rings is 1. The van der Waals surface area contributed by atoms with E-state index in [2.05, 4.69) is 31.0 Å². The van der Waals surface area contributed by atoms with E-state index in [9.17, 15) is 13.2 Å². The number of thioether (sulfide) groups is 1. The van der Waals surface area contributed by atoms with Crippen LogP contribution in [-0.4, -0.2) is 42.3 Å². The molecule has 0 saturated carbocycles. The van der Waals surface area contributed by atoms with Crippen LogP contribution in [0.25, 0.3) is 0 Å². The molecule has 0 aliphatic carbocycles. The summed E-state index contributed by atoms with van der Waals surface area (Å²) >= 11 is 2.95. The Morgan fingerprint density at radius 1 is 1.21 bits per heavy atom. The van der Waals surface area contributed by atoms with Crippen molar-refractivity contribution in [2.45, 2.75) is 37.5 Å². The number of fused-ring (bicyclic) bond motifs is 1. The van der Waals surface area contributed by atoms with E-state index in [1.165, 1.54) is 28.7 Å². The van der Waals surface area contributed by atoms with Crippen molar-refractivity contribution in [2.24, 2.45) is 4.99 Å². The first-order chi connectivity index (χ1) is 13.3. The van der Waals surface area contributed by atoms with E-state index in [1.807, 2.05) is 34.5 Å². The molecule has 2 saturated heterocycles. The zero-order valence-electron chi connectivity index (χ0n) is 15.7. The fraction of sp³-hybridized carbons (Fsp3) is 0.400. The normalized spacial score (nSPS) is 24.8. The van der Waals surface area contributed by atoms with E-state index in [0.717, 1.165) is 10.6 Å². The highest BCUT2D eigenvalue weighted by Crippen LogP contribution is 2.41. The molecular formula is C20H22N2O3S3. The van der Waals surface area contributed by atoms with Crippen LogP contribution < -0.4 is 4.90 Å². The lowest BCUT2D eigenvalue weighted by atomic mass is 10.0. The quantitative estimate of drug-likeness (QED) is 0.734. The standard InChI is InChI=1S/C20H22N2O3S3/c1-13(2)14-5-7-15(8-6-14)22-17-11-28(24,25)12-18(17)27-20(22)21-19(23)10-16-4-3-9-26-16/h3-9,13,17-18H,10-12H2,1-2H3/t17-,18+/m0/s1. The largest absolute Gasteiger partial charge is 0.316 e. The summed E-state index contributed by atoms with van der Waals surface area (Å²) in [6, 6.07) is 11.8. The van der Waals surface area contributed by atoms with E-state index >= 15 is 0 Å². The molecule has 0 unspecified atom stereocenters. The molecule has 4 rings (SSSR count). The van der Waals surface area contributed by atoms with Crippen LogP contribution in [-0.2, 0) is 21.1 Å². The molecule has 2 aliphatic heterocycles. The van der Waals surface area contributed by atoms with Crippen molar-refractivity contribution in [1.29, 1.82) is 0 Å². The third-order valence-electron chi connectivity index (χ3n) is 5.03. The Morgan fingerprint density at radius 3 is 2.61 bits per heavy atom. The van der Waals surface area contributed by atoms with Gasteiger partial charge in [-0.3, -0.25) is 4.79 Å². The Labute approximate surface area is 173 Å². The second-order valence-corrected chi connectivity index (χ2v) is 11.9. The van der Waals surface area contributed by atoms with Crippen LogP contribution in [0.3, 0.4) is 0 Å². The number of aliphatic imine (C=N–C) groups is 1. The van der Waals surface area contributed by atoms with Crippen molar-refractivity contribution in [3.8, 4) is 0 Å². The van der Waals surface area contributed by atoms with Gasteiger partial charge in [-0.1, -0.05) is 43.8 Å². The minimum absolute atomic E-state index is 0.0805. The lowest BCUT2D eigenvalue weighted by Gasteiger charge is -2.25. The molecule has 148 valence electrons. The van der Waals surface area contributed by atoms with Crippen LogP contribution in [0.1, 0.15) is 30.2 Å². The fourth-order valence-electron chi connectivity index (χ4n) is 3.59. The number of benzene rings is 1. The average molecular weight is 435 g/mol. The number of carbonyl (C=O) groups excluding carboxylic acids is 1. The molecule has 1 aromatic heterocycles. The van der Waals surface area contributed by atoms with Crippen LogP contribution in [0.4, 0.5) is 5.69 Å². The first-order valence-electron chi connectivity index (χ1n) is 9.22. The predicted molar refractivity (Wildman–Crippen MR) is 117 cm³/mol. The summed E-state index contributed by atoms with van der Waals surface area (Å²) in [5.41, 5.74) is 2.11. The van der Waals surface area contributed by atoms with Gasteiger partial charge in [0, 0.05) is 15.8 Å². The summed E-state index contributed by atoms with van der Waals surface area (Å²) in [6.07, 6.45) is 0.273. The van der Waals surface area contributed by atoms with Gasteiger partial charge in [-0.25, -0.2) is 8.42 Å². The second-order valence-electron chi connectivity index (χ2n) is 7.46. The maximum Gasteiger partial charge on any atom is 0.253 e. The highest BCUT2D eigenvalue weighted by molar-refractivity contribution is 8.16. The van der Waals surface area contributed by atoms with Crippen molar-refractivity contribution in [3.05, 3.63) is 52.2 Å². The van der Waals surface area contributed by atoms with Crippen LogP contribution >= 0.6 is 23.1 Å². The number of amides is 1. The van der Waals surface area contributed by atoms with E-state index in [1.54, 1.807) is 0 Å². The molecule has 2 aliphatic rings. The molecule has 0 N–H and O–H groups in total. The van der Waals surface area contributed by atoms with Crippen LogP contribution in [0.2, 0.25) is 0 Å². The third-order valence-corrected chi connectivity index (χ3v) is 9.12. The number of sulfone groups is 1. The monoisotopic (exact) mass is 434 g/mol. The number of carbonyl (C=O) groups is 1. The van der Waals surface area contributed by atoms with E-state index in [0.29, 0.717) is 11.1 Å². The molecule has 3 heterocycles. The number of hydrogen-bond acceptors (Lipinski definition) is 5. The first kappa shape index (κ1) is 19.7. The summed E-state index contributed by atoms with van der Waals surface area (Å²) in [4.78, 5) is 19.8. The lowest BCUT2D eigenvalue weighted by Crippen LogP contribution is -2.37. The van der Waals surface area contributed by atoms with Crippen molar-refractivity contribution in [3.63, 3.8) is 0 Å². The zero-order valence-corrected chi connectivity index (χ0v) is 18.2. The number of anilines is 1. The molecule has 2 atom stereocenters. The van der Waals surface area contributed by atoms with Gasteiger partial charge in [0.05, 0.1) is 24.0 Å². The van der Waals surface area contributed by atoms with Crippen molar-refractivity contribution >= 4 is 49.7 Å². The van der Waals surface area contributed by atoms with E-state index in [4.69, 9.17) is 0 Å². The average Bonchev–Trinajstić information content (AvgIpc) is 3.29. The number of amidine groups is 1. The summed E-state index contributed by atoms with van der Waals surface area (Å²) in [6.45, 7) is 4.27. The summed E-state index contributed by atoms with van der Waals surface area (Å²) in [5.74, 6) is 0.467. The molecule has 5 nitrogen and oxygen atoms in total. The SMILES string of the molecule is CC(C)c1ccc(N2C(=NC(=O)Cc3cccs3)S[C@@H]3CS(=O)(=O)C[C@@H]32)cc1. The smallest absolute Gasteiger partial charge is 0.253 e. The topological polar surface area (TPSA) is 66.8 Å². The maximum absolute atomic E-state index is 12.5. The van der Waals surface area contributed by atoms with Gasteiger partial charge in [0.1, 0.15) is 0 Å². The minimum Gasteiger partial charge on any atom is -0.316 e. The Balaban J connectivity index is 1.65. The highest BCUT2D eigenvalue weighted by atomic mass is 32.2. The molecular weight excluding hydrogens is 412 g/mol. The van der Waals surface area contributed by atoms with Crippen LogP contribution in [0, 0.1) is 0 Å². The minimum atomic E-state index is -3.06. The van der Waals surface area contributed by atoms with Gasteiger partial charge in [-0.15, -0.1) is 11.3 Å². The molecule has 8 heteroatoms. The van der Waals surface area contributed by atoms with Crippen LogP contribution in [0.5, 0.6) is 0 Å². The number of rotatable bonds is 4. The van der Waals surface area contributed by atoms with E-state index in [-0.39, 0.29) is 35.1 Å². The Bertz CT molecular complexity index is 996. The predicted octanol–water partition coefficient (Wildman–Crippen LogP) is 3.72. The van der Waals surface area contributed by atoms with Crippen molar-refractivity contribution in [2.75, 3.05) is 16.4 Å². The lowest BCUT2D eigenvalue weighted by molar-refractivity contribution is -0.117. The number of nitrogens with zero attached hydrogens (tertiary/aromatic N) is 2. The molecule has 1 aromatic carbocycles. The van der Waals surface area contributed by atoms with Crippen molar-refractivity contribution < 1.29 is 13.2 Å². The highest BCUT2D eigenvalue weighted by Gasteiger charge is 2.49. The third kappa shape index (κ3) is 4.04. The molecule has 0 spiro atoms. The molecule has 2 aromatic rings. The zero-order chi connectivity index (χ0) is 19.9. The maximum atomic E-state index is 12.5. The van der Waals surface area contributed by atoms with Gasteiger partial charge < -0.3 is 4.90 Å². The van der Waals surface area contributed by atoms with Gasteiger partial charge in [-0.05, 0) is 35.1 Å². The Kier molecular flexibility index (Phi) is 5.37. The van der Waals surface area contributed by atoms with Gasteiger partial charge in [0.25, 0.3) is 5.91 Å². The number of hydrogen-bond donors (Lipinski definition) is 0. The summed E-state index contributed by atoms with van der Waals surface area (Å²) in [7, 11) is -3.06. The van der Waals surface area contributed by atoms with Gasteiger partial charge in [0.2, 0.25) is 0 Å². The van der Waals surface area contributed by atoms with Gasteiger partial charge in [-0.2, -0.15) is 4.99 Å². The van der Waals surface area contributed by atoms with Gasteiger partial charge in [0.15, 0.2) is 15.0 Å². The van der Waals surface area contributed by atoms with Gasteiger partial charge >= 0.3 is 0 Å². The molecule has 0 radical (unpaired) electrons.